The predicted molar refractivity (Wildman–Crippen MR) is 63.7 cm³/mol. The second kappa shape index (κ2) is 3.69. The molecular weight excluding hydrogens is 208 g/mol. The number of hydrogen-bond donors (Lipinski definition) is 2. The molecule has 2 N–H and O–H groups in total. The third kappa shape index (κ3) is 1.62. The molecule has 0 bridgehead atoms. The summed E-state index contributed by atoms with van der Waals surface area (Å²) in [7, 11) is 0. The molecule has 1 aromatic rings. The molecule has 2 unspecified atom stereocenters. The normalized spacial score (nSPS) is 28.9. The first kappa shape index (κ1) is 9.49. The summed E-state index contributed by atoms with van der Waals surface area (Å²) < 4.78 is 0. The molecule has 0 aliphatic carbocycles. The fraction of sp³-hybridized carbons (Fsp3) is 0.500. The molecule has 3 rings (SSSR count). The van der Waals surface area contributed by atoms with Gasteiger partial charge in [-0.2, -0.15) is 0 Å². The van der Waals surface area contributed by atoms with Crippen LogP contribution in [0.2, 0.25) is 5.02 Å². The van der Waals surface area contributed by atoms with Crippen LogP contribution < -0.4 is 10.6 Å². The van der Waals surface area contributed by atoms with Crippen LogP contribution in [0.15, 0.2) is 18.2 Å². The van der Waals surface area contributed by atoms with Gasteiger partial charge < -0.3 is 10.6 Å². The van der Waals surface area contributed by atoms with Gasteiger partial charge >= 0.3 is 0 Å². The number of anilines is 1. The monoisotopic (exact) mass is 222 g/mol. The number of rotatable bonds is 0. The van der Waals surface area contributed by atoms with Crippen molar-refractivity contribution in [2.75, 3.05) is 25.0 Å². The highest BCUT2D eigenvalue weighted by molar-refractivity contribution is 6.30. The van der Waals surface area contributed by atoms with Gasteiger partial charge in [-0.1, -0.05) is 11.6 Å². The number of benzene rings is 1. The molecule has 0 aromatic heterocycles. The molecule has 0 spiro atoms. The van der Waals surface area contributed by atoms with Gasteiger partial charge in [-0.05, 0) is 42.6 Å². The number of fused-ring (bicyclic) bond motifs is 3. The Kier molecular flexibility index (Phi) is 2.33. The van der Waals surface area contributed by atoms with Crippen molar-refractivity contribution in [2.24, 2.45) is 5.92 Å². The van der Waals surface area contributed by atoms with Crippen LogP contribution in [0.5, 0.6) is 0 Å². The summed E-state index contributed by atoms with van der Waals surface area (Å²) in [4.78, 5) is 0. The molecule has 3 heteroatoms. The molecule has 1 aromatic carbocycles. The van der Waals surface area contributed by atoms with Crippen LogP contribution in [0.25, 0.3) is 0 Å². The molecule has 1 saturated heterocycles. The maximum absolute atomic E-state index is 6.07. The van der Waals surface area contributed by atoms with Gasteiger partial charge in [0, 0.05) is 29.7 Å². The molecule has 2 atom stereocenters. The van der Waals surface area contributed by atoms with E-state index in [2.05, 4.69) is 22.8 Å². The molecule has 2 heterocycles. The van der Waals surface area contributed by atoms with Gasteiger partial charge in [0.15, 0.2) is 0 Å². The number of nitrogens with one attached hydrogen (secondary N) is 2. The van der Waals surface area contributed by atoms with Crippen molar-refractivity contribution in [3.63, 3.8) is 0 Å². The van der Waals surface area contributed by atoms with Crippen LogP contribution in [0, 0.1) is 5.92 Å². The SMILES string of the molecule is Clc1ccc2c(c1)C1CNCC1CCN2. The van der Waals surface area contributed by atoms with Gasteiger partial charge in [-0.15, -0.1) is 0 Å². The zero-order valence-corrected chi connectivity index (χ0v) is 9.35. The van der Waals surface area contributed by atoms with Gasteiger partial charge in [0.1, 0.15) is 0 Å². The van der Waals surface area contributed by atoms with Crippen LogP contribution in [0.3, 0.4) is 0 Å². The van der Waals surface area contributed by atoms with Gasteiger partial charge in [0.2, 0.25) is 0 Å². The largest absolute Gasteiger partial charge is 0.385 e. The van der Waals surface area contributed by atoms with Crippen LogP contribution in [0.4, 0.5) is 5.69 Å². The summed E-state index contributed by atoms with van der Waals surface area (Å²) in [6.45, 7) is 3.33. The molecule has 2 nitrogen and oxygen atoms in total. The van der Waals surface area contributed by atoms with E-state index in [-0.39, 0.29) is 0 Å². The zero-order chi connectivity index (χ0) is 10.3. The van der Waals surface area contributed by atoms with Crippen molar-refractivity contribution >= 4 is 17.3 Å². The lowest BCUT2D eigenvalue weighted by atomic mass is 9.87. The van der Waals surface area contributed by atoms with E-state index < -0.39 is 0 Å². The minimum Gasteiger partial charge on any atom is -0.385 e. The van der Waals surface area contributed by atoms with Crippen molar-refractivity contribution in [3.05, 3.63) is 28.8 Å². The highest BCUT2D eigenvalue weighted by atomic mass is 35.5. The first-order valence-corrected chi connectivity index (χ1v) is 5.96. The van der Waals surface area contributed by atoms with Gasteiger partial charge in [0.25, 0.3) is 0 Å². The smallest absolute Gasteiger partial charge is 0.0410 e. The Balaban J connectivity index is 2.06. The van der Waals surface area contributed by atoms with Crippen LogP contribution >= 0.6 is 11.6 Å². The van der Waals surface area contributed by atoms with E-state index in [9.17, 15) is 0 Å². The standard InChI is InChI=1S/C12H15ClN2/c13-9-1-2-12-10(5-9)11-7-14-6-8(11)3-4-15-12/h1-2,5,8,11,14-15H,3-4,6-7H2. The van der Waals surface area contributed by atoms with E-state index in [1.807, 2.05) is 6.07 Å². The van der Waals surface area contributed by atoms with Gasteiger partial charge in [0.05, 0.1) is 0 Å². The Morgan fingerprint density at radius 1 is 1.27 bits per heavy atom. The summed E-state index contributed by atoms with van der Waals surface area (Å²) in [5, 5.41) is 7.83. The van der Waals surface area contributed by atoms with Crippen LogP contribution in [-0.4, -0.2) is 19.6 Å². The van der Waals surface area contributed by atoms with Crippen molar-refractivity contribution < 1.29 is 0 Å². The average molecular weight is 223 g/mol. The van der Waals surface area contributed by atoms with Crippen molar-refractivity contribution in [3.8, 4) is 0 Å². The lowest BCUT2D eigenvalue weighted by molar-refractivity contribution is 0.503. The minimum atomic E-state index is 0.647. The number of hydrogen-bond acceptors (Lipinski definition) is 2. The molecule has 0 amide bonds. The van der Waals surface area contributed by atoms with E-state index in [1.165, 1.54) is 17.7 Å². The predicted octanol–water partition coefficient (Wildman–Crippen LogP) is 2.46. The van der Waals surface area contributed by atoms with Crippen LogP contribution in [-0.2, 0) is 0 Å². The first-order valence-electron chi connectivity index (χ1n) is 5.58. The van der Waals surface area contributed by atoms with Gasteiger partial charge in [-0.3, -0.25) is 0 Å². The second-order valence-corrected chi connectivity index (χ2v) is 4.91. The fourth-order valence-corrected chi connectivity index (χ4v) is 2.97. The summed E-state index contributed by atoms with van der Waals surface area (Å²) >= 11 is 6.07. The highest BCUT2D eigenvalue weighted by Crippen LogP contribution is 2.38. The third-order valence-corrected chi connectivity index (χ3v) is 3.82. The topological polar surface area (TPSA) is 24.1 Å². The summed E-state index contributed by atoms with van der Waals surface area (Å²) in [6, 6.07) is 6.20. The van der Waals surface area contributed by atoms with Crippen molar-refractivity contribution in [1.82, 2.24) is 5.32 Å². The highest BCUT2D eigenvalue weighted by Gasteiger charge is 2.31. The number of halogens is 1. The van der Waals surface area contributed by atoms with E-state index in [0.29, 0.717) is 5.92 Å². The third-order valence-electron chi connectivity index (χ3n) is 3.58. The molecule has 80 valence electrons. The molecular formula is C12H15ClN2. The van der Waals surface area contributed by atoms with Crippen LogP contribution in [0.1, 0.15) is 17.9 Å². The molecule has 0 radical (unpaired) electrons. The average Bonchev–Trinajstić information content (AvgIpc) is 2.62. The Morgan fingerprint density at radius 3 is 3.13 bits per heavy atom. The molecule has 0 saturated carbocycles. The first-order chi connectivity index (χ1) is 7.34. The zero-order valence-electron chi connectivity index (χ0n) is 8.59. The lowest BCUT2D eigenvalue weighted by Crippen LogP contribution is -2.11. The Morgan fingerprint density at radius 2 is 2.20 bits per heavy atom. The van der Waals surface area contributed by atoms with E-state index in [1.54, 1.807) is 0 Å². The second-order valence-electron chi connectivity index (χ2n) is 4.47. The maximum Gasteiger partial charge on any atom is 0.0410 e. The maximum atomic E-state index is 6.07. The summed E-state index contributed by atoms with van der Waals surface area (Å²) in [5.41, 5.74) is 2.67. The van der Waals surface area contributed by atoms with E-state index in [4.69, 9.17) is 11.6 Å². The summed E-state index contributed by atoms with van der Waals surface area (Å²) in [5.74, 6) is 1.42. The molecule has 1 fully saturated rings. The van der Waals surface area contributed by atoms with Crippen molar-refractivity contribution in [1.29, 1.82) is 0 Å². The Labute approximate surface area is 95.0 Å². The van der Waals surface area contributed by atoms with Crippen molar-refractivity contribution in [2.45, 2.75) is 12.3 Å². The quantitative estimate of drug-likeness (QED) is 0.705. The molecule has 2 aliphatic heterocycles. The Hall–Kier alpha value is -0.730. The minimum absolute atomic E-state index is 0.647. The fourth-order valence-electron chi connectivity index (χ4n) is 2.79. The molecule has 2 aliphatic rings. The van der Waals surface area contributed by atoms with E-state index in [0.717, 1.165) is 30.6 Å². The Bertz CT molecular complexity index is 378. The van der Waals surface area contributed by atoms with Gasteiger partial charge in [-0.25, -0.2) is 0 Å². The summed E-state index contributed by atoms with van der Waals surface area (Å²) in [6.07, 6.45) is 1.25. The lowest BCUT2D eigenvalue weighted by Gasteiger charge is -2.16. The van der Waals surface area contributed by atoms with E-state index >= 15 is 0 Å². The molecule has 15 heavy (non-hydrogen) atoms.